The highest BCUT2D eigenvalue weighted by molar-refractivity contribution is 5.90. The second-order valence-corrected chi connectivity index (χ2v) is 6.98. The minimum Gasteiger partial charge on any atom is -0.379 e. The van der Waals surface area contributed by atoms with E-state index in [1.165, 1.54) is 5.56 Å². The number of amides is 2. The molecule has 2 fully saturated rings. The molecule has 0 bridgehead atoms. The van der Waals surface area contributed by atoms with Gasteiger partial charge in [0.05, 0.1) is 13.2 Å². The first-order valence-electron chi connectivity index (χ1n) is 9.65. The van der Waals surface area contributed by atoms with Crippen molar-refractivity contribution in [2.24, 2.45) is 0 Å². The summed E-state index contributed by atoms with van der Waals surface area (Å²) in [5, 5.41) is 3.02. The first-order valence-corrected chi connectivity index (χ1v) is 9.65. The molecule has 1 aromatic rings. The van der Waals surface area contributed by atoms with Crippen molar-refractivity contribution in [2.75, 3.05) is 45.9 Å². The molecule has 2 heterocycles. The molecular formula is C20H29N3O3. The summed E-state index contributed by atoms with van der Waals surface area (Å²) in [5.41, 5.74) is 1.19. The second kappa shape index (κ2) is 9.69. The van der Waals surface area contributed by atoms with E-state index in [2.05, 4.69) is 22.3 Å². The average Bonchev–Trinajstić information content (AvgIpc) is 3.06. The van der Waals surface area contributed by atoms with Gasteiger partial charge in [-0.1, -0.05) is 30.3 Å². The predicted octanol–water partition coefficient (Wildman–Crippen LogP) is 1.06. The van der Waals surface area contributed by atoms with E-state index in [1.807, 2.05) is 18.2 Å². The zero-order valence-corrected chi connectivity index (χ0v) is 15.4. The molecule has 2 amide bonds. The number of nitrogens with zero attached hydrogens (tertiary/aromatic N) is 2. The van der Waals surface area contributed by atoms with Crippen molar-refractivity contribution in [3.63, 3.8) is 0 Å². The number of carbonyl (C=O) groups is 2. The Morgan fingerprint density at radius 1 is 1.15 bits per heavy atom. The molecule has 1 atom stereocenters. The summed E-state index contributed by atoms with van der Waals surface area (Å²) >= 11 is 0. The maximum Gasteiger partial charge on any atom is 0.242 e. The Bertz CT molecular complexity index is 587. The van der Waals surface area contributed by atoms with Crippen molar-refractivity contribution in [1.82, 2.24) is 15.1 Å². The highest BCUT2D eigenvalue weighted by atomic mass is 16.5. The molecule has 2 aliphatic rings. The number of ether oxygens (including phenoxy) is 1. The van der Waals surface area contributed by atoms with E-state index in [0.29, 0.717) is 25.9 Å². The average molecular weight is 359 g/mol. The van der Waals surface area contributed by atoms with Crippen molar-refractivity contribution in [1.29, 1.82) is 0 Å². The van der Waals surface area contributed by atoms with Crippen LogP contribution < -0.4 is 5.32 Å². The van der Waals surface area contributed by atoms with E-state index >= 15 is 0 Å². The SMILES string of the molecule is O=C(NCCCN1CCOCC1)[C@@H]1CCC(=O)N1CCc1ccccc1. The summed E-state index contributed by atoms with van der Waals surface area (Å²) in [4.78, 5) is 28.8. The summed E-state index contributed by atoms with van der Waals surface area (Å²) in [5.74, 6) is 0.0836. The zero-order valence-electron chi connectivity index (χ0n) is 15.4. The normalized spacial score (nSPS) is 21.2. The van der Waals surface area contributed by atoms with Gasteiger partial charge in [-0.15, -0.1) is 0 Å². The number of hydrogen-bond acceptors (Lipinski definition) is 4. The lowest BCUT2D eigenvalue weighted by molar-refractivity contribution is -0.135. The van der Waals surface area contributed by atoms with Crippen LogP contribution in [-0.2, 0) is 20.7 Å². The van der Waals surface area contributed by atoms with Crippen LogP contribution in [0.3, 0.4) is 0 Å². The van der Waals surface area contributed by atoms with Crippen LogP contribution in [0.25, 0.3) is 0 Å². The lowest BCUT2D eigenvalue weighted by atomic mass is 10.1. The summed E-state index contributed by atoms with van der Waals surface area (Å²) in [6.45, 7) is 5.78. The fourth-order valence-corrected chi connectivity index (χ4v) is 3.64. The van der Waals surface area contributed by atoms with Gasteiger partial charge < -0.3 is 15.0 Å². The predicted molar refractivity (Wildman–Crippen MR) is 99.8 cm³/mol. The van der Waals surface area contributed by atoms with Crippen molar-refractivity contribution < 1.29 is 14.3 Å². The maximum absolute atomic E-state index is 12.5. The first kappa shape index (κ1) is 18.9. The van der Waals surface area contributed by atoms with Gasteiger partial charge in [0.2, 0.25) is 11.8 Å². The second-order valence-electron chi connectivity index (χ2n) is 6.98. The monoisotopic (exact) mass is 359 g/mol. The molecule has 2 aliphatic heterocycles. The summed E-state index contributed by atoms with van der Waals surface area (Å²) in [6.07, 6.45) is 2.81. The van der Waals surface area contributed by atoms with Crippen LogP contribution in [0, 0.1) is 0 Å². The van der Waals surface area contributed by atoms with Gasteiger partial charge in [0.1, 0.15) is 6.04 Å². The van der Waals surface area contributed by atoms with E-state index < -0.39 is 0 Å². The smallest absolute Gasteiger partial charge is 0.242 e. The van der Waals surface area contributed by atoms with E-state index in [0.717, 1.165) is 45.7 Å². The van der Waals surface area contributed by atoms with Gasteiger partial charge in [-0.3, -0.25) is 14.5 Å². The molecule has 1 aromatic carbocycles. The summed E-state index contributed by atoms with van der Waals surface area (Å²) < 4.78 is 5.34. The molecule has 0 aliphatic carbocycles. The van der Waals surface area contributed by atoms with Crippen LogP contribution in [-0.4, -0.2) is 73.6 Å². The number of carbonyl (C=O) groups excluding carboxylic acids is 2. The van der Waals surface area contributed by atoms with Crippen LogP contribution in [0.4, 0.5) is 0 Å². The van der Waals surface area contributed by atoms with E-state index in [1.54, 1.807) is 4.90 Å². The van der Waals surface area contributed by atoms with Crippen molar-refractivity contribution in [2.45, 2.75) is 31.7 Å². The Hall–Kier alpha value is -1.92. The molecule has 0 aromatic heterocycles. The molecular weight excluding hydrogens is 330 g/mol. The largest absolute Gasteiger partial charge is 0.379 e. The van der Waals surface area contributed by atoms with Crippen molar-refractivity contribution >= 4 is 11.8 Å². The molecule has 0 unspecified atom stereocenters. The molecule has 1 N–H and O–H groups in total. The molecule has 3 rings (SSSR count). The number of benzene rings is 1. The maximum atomic E-state index is 12.5. The quantitative estimate of drug-likeness (QED) is 0.705. The van der Waals surface area contributed by atoms with Gasteiger partial charge in [0.15, 0.2) is 0 Å². The van der Waals surface area contributed by atoms with Crippen LogP contribution in [0.15, 0.2) is 30.3 Å². The molecule has 142 valence electrons. The van der Waals surface area contributed by atoms with E-state index in [9.17, 15) is 9.59 Å². The third kappa shape index (κ3) is 5.29. The lowest BCUT2D eigenvalue weighted by Gasteiger charge is -2.27. The van der Waals surface area contributed by atoms with Gasteiger partial charge in [-0.25, -0.2) is 0 Å². The van der Waals surface area contributed by atoms with Gasteiger partial charge >= 0.3 is 0 Å². The lowest BCUT2D eigenvalue weighted by Crippen LogP contribution is -2.46. The van der Waals surface area contributed by atoms with Crippen LogP contribution in [0.1, 0.15) is 24.8 Å². The standard InChI is InChI=1S/C20H29N3O3/c24-19-8-7-18(23(19)12-9-17-5-2-1-3-6-17)20(25)21-10-4-11-22-13-15-26-16-14-22/h1-3,5-6,18H,4,7-16H2,(H,21,25)/t18-/m0/s1. The van der Waals surface area contributed by atoms with Crippen LogP contribution in [0.2, 0.25) is 0 Å². The minimum atomic E-state index is -0.311. The number of nitrogens with one attached hydrogen (secondary N) is 1. The fraction of sp³-hybridized carbons (Fsp3) is 0.600. The zero-order chi connectivity index (χ0) is 18.2. The Labute approximate surface area is 155 Å². The first-order chi connectivity index (χ1) is 12.7. The van der Waals surface area contributed by atoms with Crippen molar-refractivity contribution in [3.8, 4) is 0 Å². The molecule has 26 heavy (non-hydrogen) atoms. The molecule has 6 heteroatoms. The minimum absolute atomic E-state index is 0.00844. The summed E-state index contributed by atoms with van der Waals surface area (Å²) in [7, 11) is 0. The van der Waals surface area contributed by atoms with Crippen LogP contribution in [0.5, 0.6) is 0 Å². The Morgan fingerprint density at radius 3 is 2.69 bits per heavy atom. The number of likely N-dealkylation sites (tertiary alicyclic amines) is 1. The van der Waals surface area contributed by atoms with Crippen molar-refractivity contribution in [3.05, 3.63) is 35.9 Å². The fourth-order valence-electron chi connectivity index (χ4n) is 3.64. The topological polar surface area (TPSA) is 61.9 Å². The molecule has 6 nitrogen and oxygen atoms in total. The third-order valence-corrected chi connectivity index (χ3v) is 5.17. The number of hydrogen-bond donors (Lipinski definition) is 1. The summed E-state index contributed by atoms with van der Waals surface area (Å²) in [6, 6.07) is 9.79. The van der Waals surface area contributed by atoms with Gasteiger partial charge in [-0.2, -0.15) is 0 Å². The van der Waals surface area contributed by atoms with Gasteiger partial charge in [0, 0.05) is 32.6 Å². The highest BCUT2D eigenvalue weighted by Crippen LogP contribution is 2.19. The third-order valence-electron chi connectivity index (χ3n) is 5.17. The van der Waals surface area contributed by atoms with E-state index in [4.69, 9.17) is 4.74 Å². The molecule has 0 radical (unpaired) electrons. The Balaban J connectivity index is 1.41. The molecule has 0 saturated carbocycles. The number of morpholine rings is 1. The number of rotatable bonds is 8. The van der Waals surface area contributed by atoms with Gasteiger partial charge in [-0.05, 0) is 31.4 Å². The Kier molecular flexibility index (Phi) is 7.03. The molecule has 0 spiro atoms. The molecule has 2 saturated heterocycles. The van der Waals surface area contributed by atoms with Crippen LogP contribution >= 0.6 is 0 Å². The van der Waals surface area contributed by atoms with E-state index in [-0.39, 0.29) is 17.9 Å². The van der Waals surface area contributed by atoms with Gasteiger partial charge in [0.25, 0.3) is 0 Å². The Morgan fingerprint density at radius 2 is 1.92 bits per heavy atom. The highest BCUT2D eigenvalue weighted by Gasteiger charge is 2.35.